The van der Waals surface area contributed by atoms with Crippen LogP contribution in [-0.2, 0) is 16.0 Å². The lowest BCUT2D eigenvalue weighted by Gasteiger charge is -2.43. The summed E-state index contributed by atoms with van der Waals surface area (Å²) in [4.78, 5) is 29.6. The van der Waals surface area contributed by atoms with Crippen LogP contribution in [0.5, 0.6) is 0 Å². The summed E-state index contributed by atoms with van der Waals surface area (Å²) in [5.74, 6) is 0.720. The molecule has 30 heavy (non-hydrogen) atoms. The Kier molecular flexibility index (Phi) is 5.94. The van der Waals surface area contributed by atoms with Crippen LogP contribution in [0.3, 0.4) is 0 Å². The van der Waals surface area contributed by atoms with Crippen LogP contribution in [0.4, 0.5) is 0 Å². The molecule has 158 valence electrons. The van der Waals surface area contributed by atoms with Gasteiger partial charge in [-0.15, -0.1) is 0 Å². The van der Waals surface area contributed by atoms with Gasteiger partial charge in [0.15, 0.2) is 0 Å². The van der Waals surface area contributed by atoms with E-state index in [4.69, 9.17) is 0 Å². The van der Waals surface area contributed by atoms with Gasteiger partial charge in [0, 0.05) is 33.1 Å². The molecule has 2 fully saturated rings. The van der Waals surface area contributed by atoms with Gasteiger partial charge in [-0.2, -0.15) is 0 Å². The minimum absolute atomic E-state index is 0.186. The molecule has 4 rings (SSSR count). The van der Waals surface area contributed by atoms with Crippen LogP contribution in [0.1, 0.15) is 37.7 Å². The van der Waals surface area contributed by atoms with E-state index >= 15 is 0 Å². The highest BCUT2D eigenvalue weighted by atomic mass is 16.2. The Bertz CT molecular complexity index is 877. The molecule has 1 aliphatic carbocycles. The van der Waals surface area contributed by atoms with Crippen molar-refractivity contribution >= 4 is 11.8 Å². The quantitative estimate of drug-likeness (QED) is 0.741. The van der Waals surface area contributed by atoms with E-state index < -0.39 is 5.41 Å². The highest BCUT2D eigenvalue weighted by molar-refractivity contribution is 5.84. The molecule has 2 aromatic rings. The van der Waals surface area contributed by atoms with Crippen molar-refractivity contribution in [3.05, 3.63) is 60.2 Å². The number of rotatable bonds is 5. The molecular formula is C26H32N2O2. The molecule has 2 amide bonds. The standard InChI is InChI=1S/C26H32N2O2/c1-27(2)25(30)26(15-17-28(18-16-26)24(29)23-9-6-10-23)19-20-11-13-22(14-12-20)21-7-4-3-5-8-21/h3-5,7-8,11-14,23H,6,9-10,15-19H2,1-2H3. The van der Waals surface area contributed by atoms with E-state index in [1.165, 1.54) is 23.1 Å². The van der Waals surface area contributed by atoms with Crippen molar-refractivity contribution in [2.45, 2.75) is 38.5 Å². The number of piperidine rings is 1. The molecule has 0 radical (unpaired) electrons. The first-order chi connectivity index (χ1) is 14.5. The maximum Gasteiger partial charge on any atom is 0.228 e. The summed E-state index contributed by atoms with van der Waals surface area (Å²) in [5, 5.41) is 0. The summed E-state index contributed by atoms with van der Waals surface area (Å²) in [6.07, 6.45) is 5.44. The highest BCUT2D eigenvalue weighted by Crippen LogP contribution is 2.39. The molecule has 1 heterocycles. The first-order valence-corrected chi connectivity index (χ1v) is 11.1. The predicted octanol–water partition coefficient (Wildman–Crippen LogP) is 4.39. The summed E-state index contributed by atoms with van der Waals surface area (Å²) in [7, 11) is 3.68. The molecule has 1 saturated heterocycles. The van der Waals surface area contributed by atoms with Crippen molar-refractivity contribution in [1.82, 2.24) is 9.80 Å². The van der Waals surface area contributed by atoms with Gasteiger partial charge in [0.25, 0.3) is 0 Å². The van der Waals surface area contributed by atoms with Gasteiger partial charge in [0.2, 0.25) is 11.8 Å². The fraction of sp³-hybridized carbons (Fsp3) is 0.462. The lowest BCUT2D eigenvalue weighted by molar-refractivity contribution is -0.148. The largest absolute Gasteiger partial charge is 0.348 e. The fourth-order valence-corrected chi connectivity index (χ4v) is 4.85. The smallest absolute Gasteiger partial charge is 0.228 e. The minimum atomic E-state index is -0.422. The van der Waals surface area contributed by atoms with Crippen LogP contribution in [0.25, 0.3) is 11.1 Å². The van der Waals surface area contributed by atoms with E-state index in [1.807, 2.05) is 37.2 Å². The molecular weight excluding hydrogens is 372 g/mol. The molecule has 1 aliphatic heterocycles. The van der Waals surface area contributed by atoms with Crippen molar-refractivity contribution in [3.8, 4) is 11.1 Å². The molecule has 4 nitrogen and oxygen atoms in total. The van der Waals surface area contributed by atoms with Crippen molar-refractivity contribution in [2.24, 2.45) is 11.3 Å². The van der Waals surface area contributed by atoms with Gasteiger partial charge in [-0.25, -0.2) is 0 Å². The van der Waals surface area contributed by atoms with Crippen LogP contribution in [0.2, 0.25) is 0 Å². The molecule has 0 atom stereocenters. The van der Waals surface area contributed by atoms with E-state index in [1.54, 1.807) is 4.90 Å². The van der Waals surface area contributed by atoms with E-state index in [0.29, 0.717) is 19.0 Å². The average molecular weight is 405 g/mol. The number of nitrogens with zero attached hydrogens (tertiary/aromatic N) is 2. The van der Waals surface area contributed by atoms with Gasteiger partial charge in [0.05, 0.1) is 5.41 Å². The van der Waals surface area contributed by atoms with Crippen LogP contribution in [0.15, 0.2) is 54.6 Å². The maximum atomic E-state index is 13.2. The molecule has 0 aromatic heterocycles. The third kappa shape index (κ3) is 4.14. The second kappa shape index (κ2) is 8.63. The second-order valence-electron chi connectivity index (χ2n) is 9.17. The van der Waals surface area contributed by atoms with Crippen molar-refractivity contribution < 1.29 is 9.59 Å². The molecule has 2 aliphatic rings. The molecule has 0 spiro atoms. The van der Waals surface area contributed by atoms with Crippen LogP contribution in [-0.4, -0.2) is 48.8 Å². The number of carbonyl (C=O) groups excluding carboxylic acids is 2. The lowest BCUT2D eigenvalue weighted by atomic mass is 9.72. The Balaban J connectivity index is 1.49. The van der Waals surface area contributed by atoms with Gasteiger partial charge in [0.1, 0.15) is 0 Å². The number of hydrogen-bond donors (Lipinski definition) is 0. The van der Waals surface area contributed by atoms with Gasteiger partial charge in [-0.3, -0.25) is 9.59 Å². The molecule has 4 heteroatoms. The monoisotopic (exact) mass is 404 g/mol. The second-order valence-corrected chi connectivity index (χ2v) is 9.17. The Labute approximate surface area is 179 Å². The van der Waals surface area contributed by atoms with Crippen molar-refractivity contribution in [1.29, 1.82) is 0 Å². The number of hydrogen-bond acceptors (Lipinski definition) is 2. The summed E-state index contributed by atoms with van der Waals surface area (Å²) < 4.78 is 0. The topological polar surface area (TPSA) is 40.6 Å². The summed E-state index contributed by atoms with van der Waals surface area (Å²) in [6, 6.07) is 18.9. The predicted molar refractivity (Wildman–Crippen MR) is 120 cm³/mol. The van der Waals surface area contributed by atoms with E-state index in [9.17, 15) is 9.59 Å². The number of benzene rings is 2. The van der Waals surface area contributed by atoms with Gasteiger partial charge < -0.3 is 9.80 Å². The SMILES string of the molecule is CN(C)C(=O)C1(Cc2ccc(-c3ccccc3)cc2)CCN(C(=O)C2CCC2)CC1. The minimum Gasteiger partial charge on any atom is -0.348 e. The molecule has 0 bridgehead atoms. The van der Waals surface area contributed by atoms with Crippen molar-refractivity contribution in [2.75, 3.05) is 27.2 Å². The zero-order valence-corrected chi connectivity index (χ0v) is 18.1. The van der Waals surface area contributed by atoms with Gasteiger partial charge >= 0.3 is 0 Å². The van der Waals surface area contributed by atoms with Crippen molar-refractivity contribution in [3.63, 3.8) is 0 Å². The Morgan fingerprint density at radius 2 is 1.53 bits per heavy atom. The number of carbonyl (C=O) groups is 2. The first kappa shape index (κ1) is 20.6. The average Bonchev–Trinajstić information content (AvgIpc) is 2.73. The molecule has 0 unspecified atom stereocenters. The van der Waals surface area contributed by atoms with Gasteiger partial charge in [-0.05, 0) is 48.8 Å². The first-order valence-electron chi connectivity index (χ1n) is 11.1. The number of amides is 2. The van der Waals surface area contributed by atoms with Crippen LogP contribution >= 0.6 is 0 Å². The highest BCUT2D eigenvalue weighted by Gasteiger charge is 2.44. The normalized spacial score (nSPS) is 18.5. The van der Waals surface area contributed by atoms with Crippen LogP contribution < -0.4 is 0 Å². The Morgan fingerprint density at radius 3 is 2.07 bits per heavy atom. The zero-order chi connectivity index (χ0) is 21.1. The Hall–Kier alpha value is -2.62. The Morgan fingerprint density at radius 1 is 0.933 bits per heavy atom. The molecule has 0 N–H and O–H groups in total. The molecule has 1 saturated carbocycles. The van der Waals surface area contributed by atoms with E-state index in [-0.39, 0.29) is 11.8 Å². The zero-order valence-electron chi connectivity index (χ0n) is 18.1. The molecule has 2 aromatic carbocycles. The third-order valence-electron chi connectivity index (χ3n) is 6.95. The third-order valence-corrected chi connectivity index (χ3v) is 6.95. The van der Waals surface area contributed by atoms with E-state index in [2.05, 4.69) is 36.4 Å². The maximum absolute atomic E-state index is 13.2. The summed E-state index contributed by atoms with van der Waals surface area (Å²) in [6.45, 7) is 1.38. The summed E-state index contributed by atoms with van der Waals surface area (Å²) in [5.41, 5.74) is 3.15. The number of likely N-dealkylation sites (tertiary alicyclic amines) is 1. The van der Waals surface area contributed by atoms with Crippen LogP contribution in [0, 0.1) is 11.3 Å². The lowest BCUT2D eigenvalue weighted by Crippen LogP contribution is -2.52. The summed E-state index contributed by atoms with van der Waals surface area (Å²) >= 11 is 0. The fourth-order valence-electron chi connectivity index (χ4n) is 4.85. The van der Waals surface area contributed by atoms with E-state index in [0.717, 1.165) is 32.1 Å². The van der Waals surface area contributed by atoms with Gasteiger partial charge in [-0.1, -0.05) is 61.0 Å².